The van der Waals surface area contributed by atoms with E-state index in [4.69, 9.17) is 11.6 Å². The molecule has 0 aliphatic heterocycles. The van der Waals surface area contributed by atoms with Crippen LogP contribution in [0.15, 0.2) is 88.8 Å². The Morgan fingerprint density at radius 3 is 2.25 bits per heavy atom. The molecule has 2 aromatic rings. The summed E-state index contributed by atoms with van der Waals surface area (Å²) in [6.07, 6.45) is 1.72. The predicted octanol–water partition coefficient (Wildman–Crippen LogP) is 4.98. The predicted molar refractivity (Wildman–Crippen MR) is 105 cm³/mol. The van der Waals surface area contributed by atoms with Crippen molar-refractivity contribution in [3.63, 3.8) is 0 Å². The van der Waals surface area contributed by atoms with Gasteiger partial charge in [-0.3, -0.25) is 4.99 Å². The summed E-state index contributed by atoms with van der Waals surface area (Å²) in [5.41, 5.74) is 4.76. The molecule has 0 heterocycles. The summed E-state index contributed by atoms with van der Waals surface area (Å²) in [4.78, 5) is 13.0. The van der Waals surface area contributed by atoms with Gasteiger partial charge in [-0.2, -0.15) is 0 Å². The fraction of sp³-hybridized carbons (Fsp3) is 0.0500. The number of halogens is 1. The van der Waals surface area contributed by atoms with E-state index in [0.29, 0.717) is 11.7 Å². The van der Waals surface area contributed by atoms with Crippen LogP contribution in [0.5, 0.6) is 0 Å². The van der Waals surface area contributed by atoms with Crippen LogP contribution >= 0.6 is 11.6 Å². The summed E-state index contributed by atoms with van der Waals surface area (Å²) >= 11 is 5.67. The summed E-state index contributed by atoms with van der Waals surface area (Å²) < 4.78 is 0. The van der Waals surface area contributed by atoms with Gasteiger partial charge in [-0.1, -0.05) is 79.4 Å². The molecule has 2 aromatic carbocycles. The van der Waals surface area contributed by atoms with E-state index < -0.39 is 0 Å². The molecule has 0 unspecified atom stereocenters. The smallest absolute Gasteiger partial charge is 0.162 e. The van der Waals surface area contributed by atoms with E-state index in [-0.39, 0.29) is 0 Å². The zero-order chi connectivity index (χ0) is 17.4. The van der Waals surface area contributed by atoms with Crippen molar-refractivity contribution in [1.29, 1.82) is 0 Å². The van der Waals surface area contributed by atoms with Crippen molar-refractivity contribution in [2.75, 3.05) is 7.05 Å². The number of benzene rings is 2. The molecule has 0 fully saturated rings. The van der Waals surface area contributed by atoms with Crippen molar-refractivity contribution in [1.82, 2.24) is 0 Å². The minimum absolute atomic E-state index is 0.499. The lowest BCUT2D eigenvalue weighted by Crippen LogP contribution is -2.05. The Labute approximate surface area is 147 Å². The molecule has 0 aliphatic carbocycles. The summed E-state index contributed by atoms with van der Waals surface area (Å²) in [6, 6.07) is 17.5. The molecule has 0 amide bonds. The van der Waals surface area contributed by atoms with Gasteiger partial charge in [0.05, 0.1) is 5.67 Å². The highest BCUT2D eigenvalue weighted by atomic mass is 35.5. The lowest BCUT2D eigenvalue weighted by atomic mass is 10.0. The minimum atomic E-state index is 0.499. The van der Waals surface area contributed by atoms with Crippen LogP contribution in [0.4, 0.5) is 0 Å². The van der Waals surface area contributed by atoms with Crippen molar-refractivity contribution in [2.24, 2.45) is 15.0 Å². The van der Waals surface area contributed by atoms with E-state index in [1.54, 1.807) is 13.1 Å². The number of allylic oxidation sites excluding steroid dienone is 2. The van der Waals surface area contributed by atoms with Crippen molar-refractivity contribution >= 4 is 34.5 Å². The van der Waals surface area contributed by atoms with E-state index >= 15 is 0 Å². The molecule has 0 aliphatic rings. The number of hydrogen-bond donors (Lipinski definition) is 0. The van der Waals surface area contributed by atoms with E-state index in [1.807, 2.05) is 54.6 Å². The molecule has 24 heavy (non-hydrogen) atoms. The van der Waals surface area contributed by atoms with Gasteiger partial charge in [0.2, 0.25) is 0 Å². The molecule has 120 valence electrons. The van der Waals surface area contributed by atoms with E-state index in [9.17, 15) is 0 Å². The molecular weight excluding hydrogens is 318 g/mol. The van der Waals surface area contributed by atoms with Crippen LogP contribution in [0, 0.1) is 0 Å². The van der Waals surface area contributed by atoms with Crippen molar-refractivity contribution in [2.45, 2.75) is 0 Å². The van der Waals surface area contributed by atoms with Crippen molar-refractivity contribution in [3.05, 3.63) is 90.5 Å². The number of rotatable bonds is 4. The van der Waals surface area contributed by atoms with Gasteiger partial charge in [0.1, 0.15) is 0 Å². The first kappa shape index (κ1) is 17.6. The van der Waals surface area contributed by atoms with Gasteiger partial charge < -0.3 is 0 Å². The molecule has 0 radical (unpaired) electrons. The van der Waals surface area contributed by atoms with E-state index in [2.05, 4.69) is 28.1 Å². The normalized spacial score (nSPS) is 12.4. The maximum Gasteiger partial charge on any atom is 0.162 e. The topological polar surface area (TPSA) is 37.1 Å². The number of nitrogens with zero attached hydrogens (tertiary/aromatic N) is 3. The van der Waals surface area contributed by atoms with E-state index in [1.165, 1.54) is 5.67 Å². The molecule has 4 heteroatoms. The average Bonchev–Trinajstić information content (AvgIpc) is 2.65. The molecule has 3 nitrogen and oxygen atoms in total. The molecule has 0 saturated heterocycles. The second-order valence-corrected chi connectivity index (χ2v) is 5.08. The second kappa shape index (κ2) is 8.75. The Bertz CT molecular complexity index is 818. The molecule has 0 bridgehead atoms. The molecule has 0 aromatic heterocycles. The van der Waals surface area contributed by atoms with Gasteiger partial charge in [0.15, 0.2) is 11.7 Å². The van der Waals surface area contributed by atoms with Gasteiger partial charge in [-0.15, -0.1) is 0 Å². The van der Waals surface area contributed by atoms with Crippen LogP contribution in [0.25, 0.3) is 5.57 Å². The maximum atomic E-state index is 5.67. The maximum absolute atomic E-state index is 5.67. The third-order valence-electron chi connectivity index (χ3n) is 3.36. The summed E-state index contributed by atoms with van der Waals surface area (Å²) in [7, 11) is 1.70. The Hall–Kier alpha value is -2.78. The summed E-state index contributed by atoms with van der Waals surface area (Å²) in [6.45, 7) is 7.73. The third-order valence-corrected chi connectivity index (χ3v) is 3.46. The van der Waals surface area contributed by atoms with Crippen molar-refractivity contribution in [3.8, 4) is 0 Å². The van der Waals surface area contributed by atoms with Crippen LogP contribution in [0.3, 0.4) is 0 Å². The zero-order valence-corrected chi connectivity index (χ0v) is 14.2. The highest BCUT2D eigenvalue weighted by Gasteiger charge is 2.07. The Morgan fingerprint density at radius 2 is 1.62 bits per heavy atom. The molecule has 0 atom stereocenters. The first-order valence-corrected chi connectivity index (χ1v) is 7.79. The fourth-order valence-corrected chi connectivity index (χ4v) is 2.21. The van der Waals surface area contributed by atoms with E-state index in [0.717, 1.165) is 22.3 Å². The molecule has 2 rings (SSSR count). The monoisotopic (exact) mass is 335 g/mol. The third kappa shape index (κ3) is 4.37. The van der Waals surface area contributed by atoms with Gasteiger partial charge >= 0.3 is 0 Å². The minimum Gasteiger partial charge on any atom is -0.270 e. The SMILES string of the molecule is C=CC(=C)c1cccc(C(=N/C)/N=C(\N=C\Cl)c2ccccc2)c1. The Morgan fingerprint density at radius 1 is 0.958 bits per heavy atom. The number of amidine groups is 2. The molecular formula is C20H18ClN3. The average molecular weight is 336 g/mol. The van der Waals surface area contributed by atoms with Gasteiger partial charge in [-0.05, 0) is 17.2 Å². The lowest BCUT2D eigenvalue weighted by Gasteiger charge is -2.07. The molecule has 0 saturated carbocycles. The van der Waals surface area contributed by atoms with Crippen LogP contribution in [-0.2, 0) is 0 Å². The second-order valence-electron chi connectivity index (χ2n) is 4.89. The van der Waals surface area contributed by atoms with Gasteiger partial charge in [0, 0.05) is 18.2 Å². The van der Waals surface area contributed by atoms with Crippen LogP contribution in [0.2, 0.25) is 0 Å². The van der Waals surface area contributed by atoms with Gasteiger partial charge in [-0.25, -0.2) is 9.98 Å². The largest absolute Gasteiger partial charge is 0.270 e. The number of hydrogen-bond acceptors (Lipinski definition) is 1. The highest BCUT2D eigenvalue weighted by Crippen LogP contribution is 2.16. The Balaban J connectivity index is 2.47. The van der Waals surface area contributed by atoms with Crippen molar-refractivity contribution < 1.29 is 0 Å². The molecule has 0 N–H and O–H groups in total. The first-order chi connectivity index (χ1) is 11.7. The first-order valence-electron chi connectivity index (χ1n) is 7.35. The quantitative estimate of drug-likeness (QED) is 0.429. The molecule has 0 spiro atoms. The van der Waals surface area contributed by atoms with Crippen LogP contribution < -0.4 is 0 Å². The number of aliphatic imine (C=N–C) groups is 3. The summed E-state index contributed by atoms with van der Waals surface area (Å²) in [5.74, 6) is 1.06. The summed E-state index contributed by atoms with van der Waals surface area (Å²) in [5, 5.41) is 0. The Kier molecular flexibility index (Phi) is 6.41. The van der Waals surface area contributed by atoms with Crippen LogP contribution in [-0.4, -0.2) is 24.4 Å². The van der Waals surface area contributed by atoms with Gasteiger partial charge in [0.25, 0.3) is 0 Å². The van der Waals surface area contributed by atoms with Crippen LogP contribution in [0.1, 0.15) is 16.7 Å². The fourth-order valence-electron chi connectivity index (χ4n) is 2.12. The standard InChI is InChI=1S/C20H18ClN3/c1-4-15(2)17-11-8-12-18(13-17)19(22-3)24-20(23-14-21)16-9-6-5-7-10-16/h4-14H,1-2H2,3H3/b22-19-,23-14+,24-20-. The highest BCUT2D eigenvalue weighted by molar-refractivity contribution is 6.57. The lowest BCUT2D eigenvalue weighted by molar-refractivity contribution is 1.37. The zero-order valence-electron chi connectivity index (χ0n) is 13.5.